The van der Waals surface area contributed by atoms with E-state index in [0.717, 1.165) is 11.1 Å². The number of aromatic nitrogens is 1. The molecule has 0 aliphatic carbocycles. The van der Waals surface area contributed by atoms with Gasteiger partial charge in [0.1, 0.15) is 17.7 Å². The first-order valence-electron chi connectivity index (χ1n) is 11.6. The van der Waals surface area contributed by atoms with Crippen molar-refractivity contribution in [3.8, 4) is 11.5 Å². The van der Waals surface area contributed by atoms with Crippen LogP contribution in [0.4, 0.5) is 8.78 Å². The van der Waals surface area contributed by atoms with Crippen molar-refractivity contribution in [1.29, 1.82) is 0 Å². The number of benzene rings is 2. The number of carbonyl (C=O) groups is 2. The average Bonchev–Trinajstić information content (AvgIpc) is 2.83. The molecule has 2 aromatic carbocycles. The molecule has 0 saturated carbocycles. The van der Waals surface area contributed by atoms with Crippen LogP contribution in [0.1, 0.15) is 41.9 Å². The molecule has 0 bridgehead atoms. The summed E-state index contributed by atoms with van der Waals surface area (Å²) in [7, 11) is 1.36. The molecule has 0 spiro atoms. The highest BCUT2D eigenvalue weighted by molar-refractivity contribution is 5.99. The summed E-state index contributed by atoms with van der Waals surface area (Å²) in [6.45, 7) is 3.28. The van der Waals surface area contributed by atoms with Crippen molar-refractivity contribution in [2.24, 2.45) is 11.8 Å². The van der Waals surface area contributed by atoms with Crippen molar-refractivity contribution in [2.45, 2.75) is 39.2 Å². The molecule has 0 radical (unpaired) electrons. The van der Waals surface area contributed by atoms with Gasteiger partial charge in [-0.1, -0.05) is 31.2 Å². The number of methoxy groups -OCH3 is 1. The molecule has 1 aromatic heterocycles. The minimum atomic E-state index is -0.809. The zero-order chi connectivity index (χ0) is 26.2. The Bertz CT molecular complexity index is 1170. The van der Waals surface area contributed by atoms with Gasteiger partial charge >= 0.3 is 5.97 Å². The third-order valence-electron chi connectivity index (χ3n) is 6.00. The van der Waals surface area contributed by atoms with Gasteiger partial charge in [-0.05, 0) is 55.2 Å². The minimum Gasteiger partial charge on any atom is -0.503 e. The molecule has 1 unspecified atom stereocenters. The predicted octanol–water partition coefficient (Wildman–Crippen LogP) is 5.32. The lowest BCUT2D eigenvalue weighted by Crippen LogP contribution is -2.30. The van der Waals surface area contributed by atoms with Gasteiger partial charge in [0.2, 0.25) is 0 Å². The van der Waals surface area contributed by atoms with Crippen molar-refractivity contribution in [3.05, 3.63) is 89.2 Å². The third-order valence-corrected chi connectivity index (χ3v) is 6.00. The summed E-state index contributed by atoms with van der Waals surface area (Å²) >= 11 is 0. The molecular weight excluding hydrogens is 468 g/mol. The molecule has 0 amide bonds. The quantitative estimate of drug-likeness (QED) is 0.285. The van der Waals surface area contributed by atoms with Crippen LogP contribution in [0.5, 0.6) is 11.5 Å². The number of aromatic hydroxyl groups is 1. The molecule has 190 valence electrons. The fraction of sp³-hybridized carbons (Fsp3) is 0.321. The molecule has 1 heterocycles. The van der Waals surface area contributed by atoms with Gasteiger partial charge in [0.15, 0.2) is 23.0 Å². The number of nitrogens with zero attached hydrogens (tertiary/aromatic N) is 1. The van der Waals surface area contributed by atoms with E-state index < -0.39 is 23.8 Å². The number of hydrogen-bond donors (Lipinski definition) is 1. The standard InChI is InChI=1S/C28H29F2NO5/c1-17(12-24(32)26-27(33)25(35-3)10-11-31-26)28(34)36-18(2)21(13-19-6-4-8-22(29)15-19)14-20-7-5-9-23(30)16-20/h4-11,15-18,21,33H,12-14H2,1-3H3/t17-,18?/m1/s1. The fourth-order valence-electron chi connectivity index (χ4n) is 4.00. The van der Waals surface area contributed by atoms with Crippen LogP contribution in [0.25, 0.3) is 0 Å². The van der Waals surface area contributed by atoms with Gasteiger partial charge in [0.25, 0.3) is 0 Å². The molecule has 36 heavy (non-hydrogen) atoms. The Morgan fingerprint density at radius 1 is 0.972 bits per heavy atom. The Labute approximate surface area is 208 Å². The molecule has 0 fully saturated rings. The lowest BCUT2D eigenvalue weighted by atomic mass is 9.88. The molecular formula is C28H29F2NO5. The predicted molar refractivity (Wildman–Crippen MR) is 130 cm³/mol. The summed E-state index contributed by atoms with van der Waals surface area (Å²) in [5.41, 5.74) is 1.27. The van der Waals surface area contributed by atoms with Crippen LogP contribution in [-0.2, 0) is 22.4 Å². The van der Waals surface area contributed by atoms with E-state index in [4.69, 9.17) is 9.47 Å². The van der Waals surface area contributed by atoms with Crippen LogP contribution in [0.2, 0.25) is 0 Å². The van der Waals surface area contributed by atoms with Crippen LogP contribution in [0, 0.1) is 23.5 Å². The fourth-order valence-corrected chi connectivity index (χ4v) is 4.00. The van der Waals surface area contributed by atoms with E-state index in [1.165, 1.54) is 43.6 Å². The number of rotatable bonds is 11. The van der Waals surface area contributed by atoms with Gasteiger partial charge in [-0.25, -0.2) is 13.8 Å². The summed E-state index contributed by atoms with van der Waals surface area (Å²) < 4.78 is 38.2. The minimum absolute atomic E-state index is 0.106. The van der Waals surface area contributed by atoms with Gasteiger partial charge in [0.05, 0.1) is 13.0 Å². The number of halogens is 2. The summed E-state index contributed by atoms with van der Waals surface area (Å²) in [5, 5.41) is 10.2. The Morgan fingerprint density at radius 2 is 1.56 bits per heavy atom. The molecule has 6 nitrogen and oxygen atoms in total. The summed E-state index contributed by atoms with van der Waals surface area (Å²) in [4.78, 5) is 29.4. The van der Waals surface area contributed by atoms with E-state index in [0.29, 0.717) is 12.8 Å². The number of esters is 1. The number of carbonyl (C=O) groups excluding carboxylic acids is 2. The van der Waals surface area contributed by atoms with Crippen molar-refractivity contribution in [1.82, 2.24) is 4.98 Å². The van der Waals surface area contributed by atoms with E-state index >= 15 is 0 Å². The maximum absolute atomic E-state index is 13.8. The Morgan fingerprint density at radius 3 is 2.08 bits per heavy atom. The van der Waals surface area contributed by atoms with Gasteiger partial charge in [-0.3, -0.25) is 9.59 Å². The van der Waals surface area contributed by atoms with E-state index in [-0.39, 0.29) is 41.2 Å². The molecule has 0 aliphatic heterocycles. The van der Waals surface area contributed by atoms with E-state index in [2.05, 4.69) is 4.98 Å². The Balaban J connectivity index is 1.71. The average molecular weight is 498 g/mol. The lowest BCUT2D eigenvalue weighted by Gasteiger charge is -2.26. The van der Waals surface area contributed by atoms with Crippen LogP contribution in [-0.4, -0.2) is 35.1 Å². The van der Waals surface area contributed by atoms with Crippen LogP contribution >= 0.6 is 0 Å². The highest BCUT2D eigenvalue weighted by Crippen LogP contribution is 2.29. The normalized spacial score (nSPS) is 12.7. The van der Waals surface area contributed by atoms with Crippen molar-refractivity contribution in [3.63, 3.8) is 0 Å². The second-order valence-corrected chi connectivity index (χ2v) is 8.81. The molecule has 8 heteroatoms. The number of Topliss-reactive ketones (excluding diaryl/α,β-unsaturated/α-hetero) is 1. The molecule has 3 rings (SSSR count). The first kappa shape index (κ1) is 26.8. The smallest absolute Gasteiger partial charge is 0.309 e. The molecule has 1 N–H and O–H groups in total. The number of pyridine rings is 1. The van der Waals surface area contributed by atoms with E-state index in [1.54, 1.807) is 38.1 Å². The Kier molecular flexibility index (Phi) is 9.11. The topological polar surface area (TPSA) is 85.7 Å². The molecule has 3 aromatic rings. The van der Waals surface area contributed by atoms with Gasteiger partial charge in [-0.15, -0.1) is 0 Å². The second kappa shape index (κ2) is 12.2. The first-order valence-corrected chi connectivity index (χ1v) is 11.6. The van der Waals surface area contributed by atoms with E-state index in [1.807, 2.05) is 0 Å². The van der Waals surface area contributed by atoms with Crippen molar-refractivity contribution in [2.75, 3.05) is 7.11 Å². The molecule has 0 aliphatic rings. The zero-order valence-electron chi connectivity index (χ0n) is 20.4. The largest absolute Gasteiger partial charge is 0.503 e. The monoisotopic (exact) mass is 497 g/mol. The van der Waals surface area contributed by atoms with Crippen LogP contribution < -0.4 is 4.74 Å². The second-order valence-electron chi connectivity index (χ2n) is 8.81. The third kappa shape index (κ3) is 7.10. The highest BCUT2D eigenvalue weighted by Gasteiger charge is 2.28. The van der Waals surface area contributed by atoms with Gasteiger partial charge in [0, 0.05) is 24.6 Å². The summed E-state index contributed by atoms with van der Waals surface area (Å²) in [6, 6.07) is 13.7. The summed E-state index contributed by atoms with van der Waals surface area (Å²) in [6.07, 6.45) is 1.30. The maximum Gasteiger partial charge on any atom is 0.309 e. The Hall–Kier alpha value is -3.81. The van der Waals surface area contributed by atoms with Crippen molar-refractivity contribution < 1.29 is 33.0 Å². The van der Waals surface area contributed by atoms with Crippen LogP contribution in [0.3, 0.4) is 0 Å². The lowest BCUT2D eigenvalue weighted by molar-refractivity contribution is -0.155. The van der Waals surface area contributed by atoms with Crippen molar-refractivity contribution >= 4 is 11.8 Å². The van der Waals surface area contributed by atoms with Gasteiger partial charge < -0.3 is 14.6 Å². The first-order chi connectivity index (χ1) is 17.2. The van der Waals surface area contributed by atoms with E-state index in [9.17, 15) is 23.5 Å². The van der Waals surface area contributed by atoms with Crippen LogP contribution in [0.15, 0.2) is 60.8 Å². The maximum atomic E-state index is 13.8. The highest BCUT2D eigenvalue weighted by atomic mass is 19.1. The SMILES string of the molecule is COc1ccnc(C(=O)C[C@@H](C)C(=O)OC(C)C(Cc2cccc(F)c2)Cc2cccc(F)c2)c1O. The number of ketones is 1. The number of hydrogen-bond acceptors (Lipinski definition) is 6. The number of ether oxygens (including phenoxy) is 2. The molecule has 2 atom stereocenters. The van der Waals surface area contributed by atoms with Gasteiger partial charge in [-0.2, -0.15) is 0 Å². The zero-order valence-corrected chi connectivity index (χ0v) is 20.4. The molecule has 0 saturated heterocycles. The summed E-state index contributed by atoms with van der Waals surface area (Å²) in [5.74, 6) is -3.23.